The summed E-state index contributed by atoms with van der Waals surface area (Å²) < 4.78 is 11.4. The average molecular weight is 368 g/mol. The van der Waals surface area contributed by atoms with Crippen LogP contribution in [0.15, 0.2) is 48.5 Å². The molecule has 0 aromatic heterocycles. The summed E-state index contributed by atoms with van der Waals surface area (Å²) in [5, 5.41) is 3.05. The number of amides is 1. The second-order valence-electron chi connectivity index (χ2n) is 7.43. The Bertz CT molecular complexity index is 765. The molecule has 1 aliphatic rings. The number of para-hydroxylation sites is 1. The zero-order valence-electron chi connectivity index (χ0n) is 16.3. The molecule has 1 aliphatic heterocycles. The van der Waals surface area contributed by atoms with Crippen LogP contribution in [-0.4, -0.2) is 42.7 Å². The Hall–Kier alpha value is -2.37. The van der Waals surface area contributed by atoms with E-state index in [4.69, 9.17) is 9.47 Å². The molecule has 0 radical (unpaired) electrons. The number of nitrogens with one attached hydrogen (secondary N) is 1. The molecule has 0 bridgehead atoms. The number of hydrogen-bond acceptors (Lipinski definition) is 4. The lowest BCUT2D eigenvalue weighted by Gasteiger charge is -2.28. The first kappa shape index (κ1) is 19.4. The topological polar surface area (TPSA) is 50.8 Å². The Morgan fingerprint density at radius 1 is 1.11 bits per heavy atom. The maximum Gasteiger partial charge on any atom is 0.267 e. The number of rotatable bonds is 6. The summed E-state index contributed by atoms with van der Waals surface area (Å²) in [5.41, 5.74) is 2.09. The van der Waals surface area contributed by atoms with Gasteiger partial charge in [0.1, 0.15) is 5.75 Å². The summed E-state index contributed by atoms with van der Waals surface area (Å²) in [6.45, 7) is 9.71. The molecular weight excluding hydrogens is 340 g/mol. The van der Waals surface area contributed by atoms with Crippen LogP contribution in [0, 0.1) is 6.92 Å². The smallest absolute Gasteiger partial charge is 0.267 e. The van der Waals surface area contributed by atoms with Crippen LogP contribution in [0.2, 0.25) is 0 Å². The molecule has 2 aromatic carbocycles. The second kappa shape index (κ2) is 8.55. The normalized spacial score (nSPS) is 15.4. The highest BCUT2D eigenvalue weighted by atomic mass is 16.5. The Morgan fingerprint density at radius 2 is 1.78 bits per heavy atom. The van der Waals surface area contributed by atoms with Gasteiger partial charge >= 0.3 is 0 Å². The predicted octanol–water partition coefficient (Wildman–Crippen LogP) is 3.62. The van der Waals surface area contributed by atoms with Gasteiger partial charge in [-0.2, -0.15) is 0 Å². The van der Waals surface area contributed by atoms with Crippen molar-refractivity contribution in [1.29, 1.82) is 0 Å². The van der Waals surface area contributed by atoms with Crippen LogP contribution in [0.1, 0.15) is 25.0 Å². The van der Waals surface area contributed by atoms with Gasteiger partial charge in [0.25, 0.3) is 5.91 Å². The lowest BCUT2D eigenvalue weighted by atomic mass is 10.1. The molecule has 1 fully saturated rings. The monoisotopic (exact) mass is 368 g/mol. The van der Waals surface area contributed by atoms with Gasteiger partial charge in [0.05, 0.1) is 13.2 Å². The first-order chi connectivity index (χ1) is 12.9. The van der Waals surface area contributed by atoms with Gasteiger partial charge in [-0.25, -0.2) is 0 Å². The largest absolute Gasteiger partial charge is 0.478 e. The number of benzene rings is 2. The van der Waals surface area contributed by atoms with Crippen molar-refractivity contribution >= 4 is 11.6 Å². The Labute approximate surface area is 161 Å². The summed E-state index contributed by atoms with van der Waals surface area (Å²) in [6, 6.07) is 15.6. The van der Waals surface area contributed by atoms with Gasteiger partial charge in [-0.05, 0) is 44.5 Å². The summed E-state index contributed by atoms with van der Waals surface area (Å²) in [6.07, 6.45) is 0. The van der Waals surface area contributed by atoms with E-state index in [1.54, 1.807) is 13.8 Å². The minimum absolute atomic E-state index is 0.169. The molecule has 1 saturated heterocycles. The molecule has 144 valence electrons. The van der Waals surface area contributed by atoms with Gasteiger partial charge in [0, 0.05) is 25.3 Å². The molecular formula is C22H28N2O3. The van der Waals surface area contributed by atoms with Crippen molar-refractivity contribution < 1.29 is 14.3 Å². The quantitative estimate of drug-likeness (QED) is 0.846. The summed E-state index contributed by atoms with van der Waals surface area (Å²) >= 11 is 0. The number of morpholine rings is 1. The molecule has 27 heavy (non-hydrogen) atoms. The fourth-order valence-corrected chi connectivity index (χ4v) is 3.00. The number of carbonyl (C=O) groups is 1. The van der Waals surface area contributed by atoms with Gasteiger partial charge in [0.2, 0.25) is 0 Å². The third-order valence-electron chi connectivity index (χ3n) is 4.70. The van der Waals surface area contributed by atoms with E-state index in [1.165, 1.54) is 0 Å². The van der Waals surface area contributed by atoms with Gasteiger partial charge in [-0.3, -0.25) is 9.69 Å². The molecule has 5 nitrogen and oxygen atoms in total. The van der Waals surface area contributed by atoms with Gasteiger partial charge in [-0.1, -0.05) is 35.9 Å². The van der Waals surface area contributed by atoms with E-state index in [-0.39, 0.29) is 5.91 Å². The predicted molar refractivity (Wildman–Crippen MR) is 107 cm³/mol. The van der Waals surface area contributed by atoms with Crippen LogP contribution >= 0.6 is 0 Å². The first-order valence-electron chi connectivity index (χ1n) is 9.39. The molecule has 0 aliphatic carbocycles. The molecule has 3 rings (SSSR count). The molecule has 0 atom stereocenters. The van der Waals surface area contributed by atoms with Crippen LogP contribution in [0.4, 0.5) is 5.69 Å². The van der Waals surface area contributed by atoms with Crippen molar-refractivity contribution in [1.82, 2.24) is 4.90 Å². The maximum absolute atomic E-state index is 12.9. The minimum atomic E-state index is -0.985. The van der Waals surface area contributed by atoms with Crippen molar-refractivity contribution in [3.8, 4) is 5.75 Å². The van der Waals surface area contributed by atoms with Crippen molar-refractivity contribution in [2.75, 3.05) is 31.6 Å². The van der Waals surface area contributed by atoms with Crippen molar-refractivity contribution in [2.24, 2.45) is 0 Å². The van der Waals surface area contributed by atoms with E-state index in [1.807, 2.05) is 49.4 Å². The molecule has 0 spiro atoms. The van der Waals surface area contributed by atoms with E-state index < -0.39 is 5.60 Å². The second-order valence-corrected chi connectivity index (χ2v) is 7.43. The van der Waals surface area contributed by atoms with Gasteiger partial charge in [0.15, 0.2) is 5.60 Å². The van der Waals surface area contributed by atoms with Crippen LogP contribution < -0.4 is 10.1 Å². The van der Waals surface area contributed by atoms with E-state index in [0.717, 1.165) is 49.7 Å². The molecule has 1 amide bonds. The van der Waals surface area contributed by atoms with Crippen LogP contribution in [0.25, 0.3) is 0 Å². The minimum Gasteiger partial charge on any atom is -0.478 e. The average Bonchev–Trinajstić information content (AvgIpc) is 2.66. The van der Waals surface area contributed by atoms with E-state index in [2.05, 4.69) is 16.3 Å². The lowest BCUT2D eigenvalue weighted by Crippen LogP contribution is -2.43. The number of aryl methyl sites for hydroxylation is 1. The van der Waals surface area contributed by atoms with Crippen LogP contribution in [-0.2, 0) is 16.1 Å². The third kappa shape index (κ3) is 5.31. The van der Waals surface area contributed by atoms with Crippen molar-refractivity contribution in [2.45, 2.75) is 32.9 Å². The van der Waals surface area contributed by atoms with E-state index in [0.29, 0.717) is 5.75 Å². The zero-order chi connectivity index (χ0) is 19.3. The van der Waals surface area contributed by atoms with Crippen LogP contribution in [0.5, 0.6) is 5.75 Å². The lowest BCUT2D eigenvalue weighted by molar-refractivity contribution is -0.128. The molecule has 0 unspecified atom stereocenters. The summed E-state index contributed by atoms with van der Waals surface area (Å²) in [4.78, 5) is 15.2. The van der Waals surface area contributed by atoms with Crippen molar-refractivity contribution in [3.05, 3.63) is 59.7 Å². The summed E-state index contributed by atoms with van der Waals surface area (Å²) in [5.74, 6) is 0.514. The Balaban J connectivity index is 1.68. The number of ether oxygens (including phenoxy) is 2. The van der Waals surface area contributed by atoms with Gasteiger partial charge < -0.3 is 14.8 Å². The van der Waals surface area contributed by atoms with E-state index in [9.17, 15) is 4.79 Å². The van der Waals surface area contributed by atoms with Crippen LogP contribution in [0.3, 0.4) is 0 Å². The molecule has 1 N–H and O–H groups in total. The first-order valence-corrected chi connectivity index (χ1v) is 9.39. The summed E-state index contributed by atoms with van der Waals surface area (Å²) in [7, 11) is 0. The number of carbonyl (C=O) groups excluding carboxylic acids is 1. The highest BCUT2D eigenvalue weighted by Gasteiger charge is 2.30. The zero-order valence-corrected chi connectivity index (χ0v) is 16.3. The van der Waals surface area contributed by atoms with E-state index >= 15 is 0 Å². The standard InChI is InChI=1S/C22H28N2O3/c1-17-8-10-19(11-9-17)27-22(2,3)21(25)23-20-7-5-4-6-18(20)16-24-12-14-26-15-13-24/h4-11H,12-16H2,1-3H3,(H,23,25). The Kier molecular flexibility index (Phi) is 6.14. The third-order valence-corrected chi connectivity index (χ3v) is 4.70. The fraction of sp³-hybridized carbons (Fsp3) is 0.409. The molecule has 2 aromatic rings. The molecule has 0 saturated carbocycles. The number of nitrogens with zero attached hydrogens (tertiary/aromatic N) is 1. The highest BCUT2D eigenvalue weighted by molar-refractivity contribution is 5.97. The molecule has 1 heterocycles. The maximum atomic E-state index is 12.9. The number of hydrogen-bond donors (Lipinski definition) is 1. The molecule has 5 heteroatoms. The number of anilines is 1. The fourth-order valence-electron chi connectivity index (χ4n) is 3.00. The van der Waals surface area contributed by atoms with Gasteiger partial charge in [-0.15, -0.1) is 0 Å². The van der Waals surface area contributed by atoms with Crippen molar-refractivity contribution in [3.63, 3.8) is 0 Å². The highest BCUT2D eigenvalue weighted by Crippen LogP contribution is 2.23. The Morgan fingerprint density at radius 3 is 2.48 bits per heavy atom. The SMILES string of the molecule is Cc1ccc(OC(C)(C)C(=O)Nc2ccccc2CN2CCOCC2)cc1.